The van der Waals surface area contributed by atoms with E-state index < -0.39 is 6.10 Å². The summed E-state index contributed by atoms with van der Waals surface area (Å²) in [5, 5.41) is 2.88. The Hall–Kier alpha value is -3.32. The maximum Gasteiger partial charge on any atom is 0.267 e. The fraction of sp³-hybridized carbons (Fsp3) is 0.200. The van der Waals surface area contributed by atoms with Crippen molar-refractivity contribution >= 4 is 39.1 Å². The van der Waals surface area contributed by atoms with Crippen LogP contribution < -0.4 is 19.7 Å². The van der Waals surface area contributed by atoms with Gasteiger partial charge in [0.05, 0.1) is 17.8 Å². The molecule has 0 bridgehead atoms. The zero-order valence-corrected chi connectivity index (χ0v) is 19.4. The molecule has 2 amide bonds. The summed E-state index contributed by atoms with van der Waals surface area (Å²) in [6.45, 7) is 4.45. The highest BCUT2D eigenvalue weighted by atomic mass is 79.9. The van der Waals surface area contributed by atoms with Crippen molar-refractivity contribution in [3.8, 4) is 11.5 Å². The fourth-order valence-electron chi connectivity index (χ4n) is 3.52. The number of aryl methyl sites for hydroxylation is 1. The number of halogens is 1. The third kappa shape index (κ3) is 4.78. The van der Waals surface area contributed by atoms with Crippen molar-refractivity contribution in [3.05, 3.63) is 82.3 Å². The number of carbonyl (C=O) groups is 2. The number of hydrogen-bond donors (Lipinski definition) is 1. The Bertz CT molecular complexity index is 1160. The van der Waals surface area contributed by atoms with Crippen molar-refractivity contribution in [3.63, 3.8) is 0 Å². The summed E-state index contributed by atoms with van der Waals surface area (Å²) in [5.74, 6) is 0.942. The third-order valence-corrected chi connectivity index (χ3v) is 5.81. The average molecular weight is 495 g/mol. The van der Waals surface area contributed by atoms with E-state index in [1.807, 2.05) is 43.3 Å². The molecule has 1 aliphatic rings. The van der Waals surface area contributed by atoms with Crippen LogP contribution in [-0.4, -0.2) is 31.1 Å². The van der Waals surface area contributed by atoms with Crippen LogP contribution in [0.5, 0.6) is 11.5 Å². The van der Waals surface area contributed by atoms with Gasteiger partial charge in [-0.2, -0.15) is 0 Å². The molecule has 0 spiro atoms. The molecule has 1 atom stereocenters. The van der Waals surface area contributed by atoms with Crippen LogP contribution >= 0.6 is 15.9 Å². The maximum atomic E-state index is 12.7. The molecule has 0 radical (unpaired) electrons. The van der Waals surface area contributed by atoms with Crippen LogP contribution in [0.3, 0.4) is 0 Å². The van der Waals surface area contributed by atoms with Crippen molar-refractivity contribution in [1.29, 1.82) is 0 Å². The second-order valence-electron chi connectivity index (χ2n) is 7.53. The lowest BCUT2D eigenvalue weighted by atomic mass is 10.1. The number of nitrogens with zero attached hydrogens (tertiary/aromatic N) is 1. The van der Waals surface area contributed by atoms with E-state index in [2.05, 4.69) is 21.2 Å². The van der Waals surface area contributed by atoms with Crippen LogP contribution in [0.25, 0.3) is 0 Å². The van der Waals surface area contributed by atoms with Gasteiger partial charge in [-0.05, 0) is 71.7 Å². The van der Waals surface area contributed by atoms with Gasteiger partial charge >= 0.3 is 0 Å². The lowest BCUT2D eigenvalue weighted by Crippen LogP contribution is -2.46. The second-order valence-corrected chi connectivity index (χ2v) is 8.39. The molecule has 0 aliphatic carbocycles. The molecule has 3 aromatic rings. The minimum Gasteiger partial charge on any atom is -0.492 e. The first-order chi connectivity index (χ1) is 15.4. The van der Waals surface area contributed by atoms with Crippen molar-refractivity contribution in [2.24, 2.45) is 0 Å². The van der Waals surface area contributed by atoms with Crippen LogP contribution in [0.1, 0.15) is 22.8 Å². The third-order valence-electron chi connectivity index (χ3n) is 5.12. The van der Waals surface area contributed by atoms with Crippen molar-refractivity contribution in [2.75, 3.05) is 23.4 Å². The normalized spacial score (nSPS) is 15.0. The number of hydrogen-bond acceptors (Lipinski definition) is 4. The molecule has 4 rings (SSSR count). The number of rotatable bonds is 6. The van der Waals surface area contributed by atoms with E-state index in [9.17, 15) is 9.59 Å². The average Bonchev–Trinajstić information content (AvgIpc) is 2.76. The Kier molecular flexibility index (Phi) is 6.46. The Morgan fingerprint density at radius 3 is 2.72 bits per heavy atom. The Morgan fingerprint density at radius 2 is 1.94 bits per heavy atom. The molecule has 0 aromatic heterocycles. The molecule has 1 aliphatic heterocycles. The van der Waals surface area contributed by atoms with Crippen molar-refractivity contribution in [2.45, 2.75) is 20.0 Å². The van der Waals surface area contributed by atoms with Gasteiger partial charge in [0.25, 0.3) is 11.8 Å². The summed E-state index contributed by atoms with van der Waals surface area (Å²) in [5.41, 5.74) is 2.88. The molecular formula is C25H23BrN2O4. The fourth-order valence-corrected chi connectivity index (χ4v) is 3.99. The highest BCUT2D eigenvalue weighted by Gasteiger charge is 2.31. The minimum atomic E-state index is -0.629. The van der Waals surface area contributed by atoms with Crippen LogP contribution in [-0.2, 0) is 4.79 Å². The van der Waals surface area contributed by atoms with E-state index in [-0.39, 0.29) is 11.8 Å². The van der Waals surface area contributed by atoms with E-state index >= 15 is 0 Å². The smallest absolute Gasteiger partial charge is 0.267 e. The van der Waals surface area contributed by atoms with Gasteiger partial charge in [0.1, 0.15) is 18.1 Å². The van der Waals surface area contributed by atoms with Crippen LogP contribution in [0.4, 0.5) is 11.4 Å². The van der Waals surface area contributed by atoms with Crippen LogP contribution in [0.15, 0.2) is 71.2 Å². The molecule has 1 unspecified atom stereocenters. The molecule has 3 aromatic carbocycles. The number of nitrogens with one attached hydrogen (secondary N) is 1. The van der Waals surface area contributed by atoms with Gasteiger partial charge in [-0.15, -0.1) is 0 Å². The molecule has 164 valence electrons. The van der Waals surface area contributed by atoms with Gasteiger partial charge in [-0.1, -0.05) is 24.3 Å². The molecule has 0 saturated heterocycles. The number of benzene rings is 3. The zero-order valence-electron chi connectivity index (χ0n) is 17.8. The second kappa shape index (κ2) is 9.44. The minimum absolute atomic E-state index is 0.129. The monoisotopic (exact) mass is 494 g/mol. The molecule has 0 fully saturated rings. The standard InChI is InChI=1S/C25H23BrN2O4/c1-16-6-5-7-19(14-16)31-13-12-28-22-11-10-18(15-23(22)32-17(2)25(28)30)27-24(29)20-8-3-4-9-21(20)26/h3-11,14-15,17H,12-13H2,1-2H3,(H,27,29). The highest BCUT2D eigenvalue weighted by Crippen LogP contribution is 2.36. The molecule has 6 nitrogen and oxygen atoms in total. The van der Waals surface area contributed by atoms with Gasteiger partial charge < -0.3 is 19.7 Å². The van der Waals surface area contributed by atoms with Crippen molar-refractivity contribution in [1.82, 2.24) is 0 Å². The van der Waals surface area contributed by atoms with Crippen LogP contribution in [0.2, 0.25) is 0 Å². The first-order valence-electron chi connectivity index (χ1n) is 10.3. The number of ether oxygens (including phenoxy) is 2. The lowest BCUT2D eigenvalue weighted by Gasteiger charge is -2.33. The van der Waals surface area contributed by atoms with E-state index in [1.54, 1.807) is 42.2 Å². The number of amides is 2. The Morgan fingerprint density at radius 1 is 1.12 bits per heavy atom. The van der Waals surface area contributed by atoms with Crippen molar-refractivity contribution < 1.29 is 19.1 Å². The number of carbonyl (C=O) groups excluding carboxylic acids is 2. The van der Waals surface area contributed by atoms with Gasteiger partial charge in [-0.3, -0.25) is 9.59 Å². The summed E-state index contributed by atoms with van der Waals surface area (Å²) >= 11 is 3.40. The molecule has 1 N–H and O–H groups in total. The number of anilines is 2. The first-order valence-corrected chi connectivity index (χ1v) is 11.1. The number of fused-ring (bicyclic) bond motifs is 1. The Balaban J connectivity index is 1.49. The summed E-state index contributed by atoms with van der Waals surface area (Å²) < 4.78 is 12.4. The quantitative estimate of drug-likeness (QED) is 0.511. The van der Waals surface area contributed by atoms with Crippen LogP contribution in [0, 0.1) is 6.92 Å². The van der Waals surface area contributed by atoms with Gasteiger partial charge in [-0.25, -0.2) is 0 Å². The summed E-state index contributed by atoms with van der Waals surface area (Å²) in [6.07, 6.45) is -0.629. The molecule has 0 saturated carbocycles. The summed E-state index contributed by atoms with van der Waals surface area (Å²) in [4.78, 5) is 27.0. The molecule has 7 heteroatoms. The van der Waals surface area contributed by atoms with E-state index in [1.165, 1.54) is 0 Å². The largest absolute Gasteiger partial charge is 0.492 e. The molecular weight excluding hydrogens is 472 g/mol. The van der Waals surface area contributed by atoms with Gasteiger partial charge in [0.2, 0.25) is 0 Å². The Labute approximate surface area is 195 Å². The maximum absolute atomic E-state index is 12.7. The molecule has 1 heterocycles. The zero-order chi connectivity index (χ0) is 22.7. The molecule has 32 heavy (non-hydrogen) atoms. The predicted molar refractivity (Wildman–Crippen MR) is 128 cm³/mol. The topological polar surface area (TPSA) is 67.9 Å². The summed E-state index contributed by atoms with van der Waals surface area (Å²) in [7, 11) is 0. The highest BCUT2D eigenvalue weighted by molar-refractivity contribution is 9.10. The summed E-state index contributed by atoms with van der Waals surface area (Å²) in [6, 6.07) is 20.3. The van der Waals surface area contributed by atoms with E-state index in [4.69, 9.17) is 9.47 Å². The van der Waals surface area contributed by atoms with Gasteiger partial charge in [0.15, 0.2) is 6.10 Å². The predicted octanol–water partition coefficient (Wildman–Crippen LogP) is 5.20. The SMILES string of the molecule is Cc1cccc(OCCN2C(=O)C(C)Oc3cc(NC(=O)c4ccccc4Br)ccc32)c1. The lowest BCUT2D eigenvalue weighted by molar-refractivity contribution is -0.125. The van der Waals surface area contributed by atoms with E-state index in [0.29, 0.717) is 40.3 Å². The van der Waals surface area contributed by atoms with Gasteiger partial charge in [0, 0.05) is 16.2 Å². The first kappa shape index (κ1) is 21.9. The van der Waals surface area contributed by atoms with E-state index in [0.717, 1.165) is 11.3 Å².